The Morgan fingerprint density at radius 2 is 1.40 bits per heavy atom. The van der Waals surface area contributed by atoms with Gasteiger partial charge in [-0.05, 0) is 51.6 Å². The van der Waals surface area contributed by atoms with Gasteiger partial charge in [0.25, 0.3) is 0 Å². The first kappa shape index (κ1) is 27.3. The van der Waals surface area contributed by atoms with Crippen LogP contribution >= 0.6 is 11.8 Å². The van der Waals surface area contributed by atoms with E-state index in [1.54, 1.807) is 0 Å². The van der Waals surface area contributed by atoms with Crippen molar-refractivity contribution in [2.45, 2.75) is 16.3 Å². The van der Waals surface area contributed by atoms with E-state index in [4.69, 9.17) is 9.41 Å². The van der Waals surface area contributed by atoms with Gasteiger partial charge < -0.3 is 15.1 Å². The summed E-state index contributed by atoms with van der Waals surface area (Å²) in [4.78, 5) is 6.46. The maximum absolute atomic E-state index is 6.42. The normalized spacial score (nSPS) is 17.2. The van der Waals surface area contributed by atoms with Gasteiger partial charge in [0, 0.05) is 37.9 Å². The molecule has 0 saturated carbocycles. The monoisotopic (exact) mass is 635 g/mol. The zero-order valence-electron chi connectivity index (χ0n) is 25.9. The van der Waals surface area contributed by atoms with Crippen molar-refractivity contribution in [2.24, 2.45) is 4.99 Å². The summed E-state index contributed by atoms with van der Waals surface area (Å²) in [5, 5.41) is 14.8. The second-order valence-electron chi connectivity index (χ2n) is 12.4. The molecule has 2 aliphatic heterocycles. The van der Waals surface area contributed by atoms with Crippen LogP contribution in [0.15, 0.2) is 166 Å². The Bertz CT molecular complexity index is 2610. The molecular formula is C43H29N3OS. The maximum Gasteiger partial charge on any atom is 0.141 e. The van der Waals surface area contributed by atoms with Crippen molar-refractivity contribution in [3.63, 3.8) is 0 Å². The highest BCUT2D eigenvalue weighted by Crippen LogP contribution is 2.52. The molecule has 0 radical (unpaired) electrons. The van der Waals surface area contributed by atoms with E-state index in [0.717, 1.165) is 50.2 Å². The molecule has 10 rings (SSSR count). The Kier molecular flexibility index (Phi) is 6.21. The van der Waals surface area contributed by atoms with E-state index in [0.29, 0.717) is 0 Å². The third-order valence-electron chi connectivity index (χ3n) is 9.55. The van der Waals surface area contributed by atoms with Crippen LogP contribution in [0, 0.1) is 0 Å². The summed E-state index contributed by atoms with van der Waals surface area (Å²) < 4.78 is 6.42. The number of amidine groups is 1. The number of rotatable bonds is 4. The number of furan rings is 1. The summed E-state index contributed by atoms with van der Waals surface area (Å²) in [7, 11) is 0. The van der Waals surface area contributed by atoms with Crippen LogP contribution in [-0.2, 0) is 0 Å². The lowest BCUT2D eigenvalue weighted by atomic mass is 9.97. The van der Waals surface area contributed by atoms with E-state index < -0.39 is 0 Å². The molecule has 2 atom stereocenters. The Balaban J connectivity index is 1.05. The van der Waals surface area contributed by atoms with Crippen molar-refractivity contribution < 1.29 is 4.42 Å². The highest BCUT2D eigenvalue weighted by Gasteiger charge is 2.28. The lowest BCUT2D eigenvalue weighted by Crippen LogP contribution is -2.27. The van der Waals surface area contributed by atoms with Crippen molar-refractivity contribution >= 4 is 72.5 Å². The van der Waals surface area contributed by atoms with Crippen molar-refractivity contribution in [1.29, 1.82) is 0 Å². The van der Waals surface area contributed by atoms with E-state index in [1.807, 2.05) is 23.9 Å². The second-order valence-corrected chi connectivity index (χ2v) is 13.6. The molecule has 0 aliphatic carbocycles. The summed E-state index contributed by atoms with van der Waals surface area (Å²) >= 11 is 1.85. The zero-order chi connectivity index (χ0) is 31.6. The van der Waals surface area contributed by atoms with Gasteiger partial charge in [-0.3, -0.25) is 4.99 Å². The molecule has 1 aromatic heterocycles. The molecule has 0 fully saturated rings. The fourth-order valence-corrected chi connectivity index (χ4v) is 8.39. The summed E-state index contributed by atoms with van der Waals surface area (Å²) in [6, 6.07) is 51.4. The van der Waals surface area contributed by atoms with Crippen LogP contribution < -0.4 is 10.6 Å². The number of fused-ring (bicyclic) bond motifs is 8. The van der Waals surface area contributed by atoms with E-state index in [1.165, 1.54) is 37.7 Å². The molecule has 0 bridgehead atoms. The average molecular weight is 636 g/mol. The molecule has 48 heavy (non-hydrogen) atoms. The molecule has 3 heterocycles. The Hall–Kier alpha value is -5.78. The van der Waals surface area contributed by atoms with Crippen molar-refractivity contribution in [3.8, 4) is 0 Å². The van der Waals surface area contributed by atoms with Crippen molar-refractivity contribution in [1.82, 2.24) is 5.32 Å². The third kappa shape index (κ3) is 4.43. The number of hydrogen-bond donors (Lipinski definition) is 2. The predicted molar refractivity (Wildman–Crippen MR) is 201 cm³/mol. The van der Waals surface area contributed by atoms with Crippen LogP contribution in [-0.4, -0.2) is 5.84 Å². The molecule has 5 heteroatoms. The number of hydrogen-bond acceptors (Lipinski definition) is 5. The van der Waals surface area contributed by atoms with Crippen LogP contribution in [0.25, 0.3) is 49.2 Å². The highest BCUT2D eigenvalue weighted by molar-refractivity contribution is 8.00. The Morgan fingerprint density at radius 1 is 0.625 bits per heavy atom. The first-order valence-electron chi connectivity index (χ1n) is 16.3. The van der Waals surface area contributed by atoms with E-state index >= 15 is 0 Å². The molecule has 0 amide bonds. The minimum atomic E-state index is -0.0809. The number of anilines is 1. The molecule has 2 N–H and O–H groups in total. The summed E-state index contributed by atoms with van der Waals surface area (Å²) in [5.74, 6) is 0.873. The average Bonchev–Trinajstić information content (AvgIpc) is 3.77. The van der Waals surface area contributed by atoms with E-state index in [2.05, 4.69) is 150 Å². The van der Waals surface area contributed by atoms with Crippen LogP contribution in [0.1, 0.15) is 33.7 Å². The number of para-hydroxylation sites is 2. The van der Waals surface area contributed by atoms with Gasteiger partial charge in [-0.25, -0.2) is 0 Å². The Morgan fingerprint density at radius 3 is 2.29 bits per heavy atom. The molecule has 0 saturated heterocycles. The minimum Gasteiger partial charge on any atom is -0.456 e. The number of aliphatic imine (C=N–C) groups is 1. The second kappa shape index (κ2) is 10.9. The van der Waals surface area contributed by atoms with Gasteiger partial charge in [-0.2, -0.15) is 0 Å². The van der Waals surface area contributed by atoms with Gasteiger partial charge in [0.15, 0.2) is 0 Å². The molecule has 2 aliphatic rings. The largest absolute Gasteiger partial charge is 0.456 e. The summed E-state index contributed by atoms with van der Waals surface area (Å²) in [6.45, 7) is 0. The van der Waals surface area contributed by atoms with Gasteiger partial charge in [0.1, 0.15) is 22.4 Å². The number of thioether (sulfide) groups is 1. The van der Waals surface area contributed by atoms with Gasteiger partial charge >= 0.3 is 0 Å². The fraction of sp³-hybridized carbons (Fsp3) is 0.0465. The summed E-state index contributed by atoms with van der Waals surface area (Å²) in [5.41, 5.74) is 8.66. The lowest BCUT2D eigenvalue weighted by molar-refractivity contribution is 0.663. The molecule has 7 aromatic carbocycles. The number of nitrogens with one attached hydrogen (secondary N) is 2. The van der Waals surface area contributed by atoms with Gasteiger partial charge in [0.2, 0.25) is 0 Å². The fourth-order valence-electron chi connectivity index (χ4n) is 7.22. The lowest BCUT2D eigenvalue weighted by Gasteiger charge is -2.23. The van der Waals surface area contributed by atoms with Crippen LogP contribution in [0.5, 0.6) is 0 Å². The summed E-state index contributed by atoms with van der Waals surface area (Å²) in [6.07, 6.45) is 2.22. The quantitative estimate of drug-likeness (QED) is 0.189. The van der Waals surface area contributed by atoms with Crippen molar-refractivity contribution in [3.05, 3.63) is 174 Å². The van der Waals surface area contributed by atoms with Gasteiger partial charge in [0.05, 0.1) is 11.7 Å². The van der Waals surface area contributed by atoms with Crippen LogP contribution in [0.3, 0.4) is 0 Å². The molecule has 2 unspecified atom stereocenters. The maximum atomic E-state index is 6.42. The van der Waals surface area contributed by atoms with E-state index in [-0.39, 0.29) is 11.4 Å². The SMILES string of the molecule is C1=C(c2ccccc2)NC(c2ccc3c(ccc4ccc5c(c43)NC(c3cccc4c3oc3ccccc34)S5)c2)=NC1c1ccccc1. The number of benzene rings is 7. The smallest absolute Gasteiger partial charge is 0.141 e. The van der Waals surface area contributed by atoms with Gasteiger partial charge in [-0.1, -0.05) is 139 Å². The van der Waals surface area contributed by atoms with Gasteiger partial charge in [-0.15, -0.1) is 0 Å². The topological polar surface area (TPSA) is 49.6 Å². The molecule has 4 nitrogen and oxygen atoms in total. The Labute approximate surface area is 281 Å². The predicted octanol–water partition coefficient (Wildman–Crippen LogP) is 11.2. The zero-order valence-corrected chi connectivity index (χ0v) is 26.7. The standard InChI is InChI=1S/C43H29N3OS/c1-3-10-26(11-4-1)35-25-36(27-12-5-2-6-13-27)45-42(44-35)30-20-22-31-29(24-30)19-18-28-21-23-38-40(39(28)31)46-43(48-38)34-16-9-15-33-32-14-7-8-17-37(32)47-41(33)34/h1-25,35,43,46H,(H,44,45). The van der Waals surface area contributed by atoms with E-state index in [9.17, 15) is 0 Å². The molecule has 228 valence electrons. The first-order chi connectivity index (χ1) is 23.8. The molecule has 8 aromatic rings. The van der Waals surface area contributed by atoms with Crippen LogP contribution in [0.2, 0.25) is 0 Å². The molecular weight excluding hydrogens is 607 g/mol. The highest BCUT2D eigenvalue weighted by atomic mass is 32.2. The third-order valence-corrected chi connectivity index (χ3v) is 10.7. The first-order valence-corrected chi connectivity index (χ1v) is 17.1. The van der Waals surface area contributed by atoms with Crippen LogP contribution in [0.4, 0.5) is 5.69 Å². The number of nitrogens with zero attached hydrogens (tertiary/aromatic N) is 1. The van der Waals surface area contributed by atoms with Crippen molar-refractivity contribution in [2.75, 3.05) is 5.32 Å². The molecule has 0 spiro atoms. The minimum absolute atomic E-state index is 0.0447.